The third-order valence-electron chi connectivity index (χ3n) is 3.50. The van der Waals surface area contributed by atoms with Gasteiger partial charge in [-0.25, -0.2) is 0 Å². The molecule has 0 aliphatic rings. The Morgan fingerprint density at radius 1 is 1.16 bits per heavy atom. The van der Waals surface area contributed by atoms with Crippen LogP contribution in [0.2, 0.25) is 0 Å². The number of aromatic nitrogens is 2. The minimum Gasteiger partial charge on any atom is -0.411 e. The number of carbonyl (C=O) groups excluding carboxylic acids is 1. The molecule has 1 atom stereocenters. The zero-order chi connectivity index (χ0) is 17.6. The quantitative estimate of drug-likeness (QED) is 0.599. The molecule has 1 N–H and O–H groups in total. The van der Waals surface area contributed by atoms with Gasteiger partial charge < -0.3 is 9.73 Å². The van der Waals surface area contributed by atoms with Crippen molar-refractivity contribution in [1.82, 2.24) is 15.5 Å². The molecule has 1 unspecified atom stereocenters. The summed E-state index contributed by atoms with van der Waals surface area (Å²) >= 11 is 4.61. The molecule has 1 heterocycles. The first kappa shape index (κ1) is 17.7. The zero-order valence-corrected chi connectivity index (χ0v) is 15.9. The van der Waals surface area contributed by atoms with Crippen LogP contribution in [0, 0.1) is 0 Å². The number of hydrogen-bond acceptors (Lipinski definition) is 5. The second kappa shape index (κ2) is 8.31. The molecule has 3 rings (SSSR count). The Balaban J connectivity index is 1.53. The smallest absolute Gasteiger partial charge is 0.277 e. The maximum Gasteiger partial charge on any atom is 0.277 e. The van der Waals surface area contributed by atoms with Crippen LogP contribution in [0.1, 0.15) is 18.5 Å². The van der Waals surface area contributed by atoms with Crippen molar-refractivity contribution in [3.05, 3.63) is 64.6 Å². The Kier molecular flexibility index (Phi) is 5.88. The van der Waals surface area contributed by atoms with E-state index in [9.17, 15) is 4.79 Å². The summed E-state index contributed by atoms with van der Waals surface area (Å²) in [6.45, 7) is 1.95. The number of amides is 1. The van der Waals surface area contributed by atoms with E-state index in [-0.39, 0.29) is 17.7 Å². The van der Waals surface area contributed by atoms with Gasteiger partial charge >= 0.3 is 0 Å². The van der Waals surface area contributed by atoms with Crippen LogP contribution in [0.4, 0.5) is 0 Å². The molecule has 25 heavy (non-hydrogen) atoms. The number of carbonyl (C=O) groups is 1. The van der Waals surface area contributed by atoms with Crippen LogP contribution in [0.5, 0.6) is 0 Å². The summed E-state index contributed by atoms with van der Waals surface area (Å²) in [6, 6.07) is 17.4. The third kappa shape index (κ3) is 4.93. The van der Waals surface area contributed by atoms with Gasteiger partial charge in [0, 0.05) is 10.0 Å². The van der Waals surface area contributed by atoms with Gasteiger partial charge in [-0.3, -0.25) is 4.79 Å². The van der Waals surface area contributed by atoms with E-state index in [1.54, 1.807) is 0 Å². The summed E-state index contributed by atoms with van der Waals surface area (Å²) in [5.41, 5.74) is 1.90. The summed E-state index contributed by atoms with van der Waals surface area (Å²) in [6.07, 6.45) is 0. The van der Waals surface area contributed by atoms with Crippen LogP contribution in [0.25, 0.3) is 11.5 Å². The largest absolute Gasteiger partial charge is 0.411 e. The lowest BCUT2D eigenvalue weighted by atomic mass is 10.1. The standard InChI is InChI=1S/C18H16BrN3O2S/c1-12(13-5-3-2-4-6-13)20-16(23)11-25-18-22-21-17(24-18)14-7-9-15(19)10-8-14/h2-10,12H,11H2,1H3,(H,20,23). The van der Waals surface area contributed by atoms with Crippen molar-refractivity contribution < 1.29 is 9.21 Å². The molecule has 1 amide bonds. The molecule has 0 aliphatic heterocycles. The van der Waals surface area contributed by atoms with Gasteiger partial charge in [0.15, 0.2) is 0 Å². The fraction of sp³-hybridized carbons (Fsp3) is 0.167. The number of nitrogens with zero attached hydrogens (tertiary/aromatic N) is 2. The molecule has 5 nitrogen and oxygen atoms in total. The number of hydrogen-bond donors (Lipinski definition) is 1. The minimum atomic E-state index is -0.0789. The summed E-state index contributed by atoms with van der Waals surface area (Å²) in [4.78, 5) is 12.1. The second-order valence-electron chi connectivity index (χ2n) is 5.37. The lowest BCUT2D eigenvalue weighted by Crippen LogP contribution is -2.28. The van der Waals surface area contributed by atoms with E-state index in [1.165, 1.54) is 11.8 Å². The number of benzene rings is 2. The lowest BCUT2D eigenvalue weighted by molar-refractivity contribution is -0.119. The molecule has 3 aromatic rings. The fourth-order valence-corrected chi connectivity index (χ4v) is 3.05. The van der Waals surface area contributed by atoms with Gasteiger partial charge in [-0.2, -0.15) is 0 Å². The molecule has 128 valence electrons. The molecule has 0 saturated carbocycles. The molecule has 7 heteroatoms. The summed E-state index contributed by atoms with van der Waals surface area (Å²) in [7, 11) is 0. The average Bonchev–Trinajstić information content (AvgIpc) is 3.10. The average molecular weight is 418 g/mol. The number of thioether (sulfide) groups is 1. The first-order valence-corrected chi connectivity index (χ1v) is 9.46. The number of rotatable bonds is 6. The van der Waals surface area contributed by atoms with E-state index in [2.05, 4.69) is 31.4 Å². The Labute approximate surface area is 158 Å². The normalized spacial score (nSPS) is 11.9. The lowest BCUT2D eigenvalue weighted by Gasteiger charge is -2.13. The topological polar surface area (TPSA) is 68.0 Å². The van der Waals surface area contributed by atoms with E-state index in [0.717, 1.165) is 15.6 Å². The summed E-state index contributed by atoms with van der Waals surface area (Å²) in [5, 5.41) is 11.3. The van der Waals surface area contributed by atoms with Gasteiger partial charge in [0.1, 0.15) is 0 Å². The first-order valence-electron chi connectivity index (χ1n) is 7.68. The zero-order valence-electron chi connectivity index (χ0n) is 13.5. The van der Waals surface area contributed by atoms with E-state index in [4.69, 9.17) is 4.42 Å². The van der Waals surface area contributed by atoms with Crippen LogP contribution in [0.15, 0.2) is 68.7 Å². The Bertz CT molecular complexity index is 837. The molecule has 0 radical (unpaired) electrons. The molecular formula is C18H16BrN3O2S. The van der Waals surface area contributed by atoms with Crippen LogP contribution in [-0.4, -0.2) is 21.9 Å². The van der Waals surface area contributed by atoms with Crippen LogP contribution >= 0.6 is 27.7 Å². The highest BCUT2D eigenvalue weighted by molar-refractivity contribution is 9.10. The highest BCUT2D eigenvalue weighted by Crippen LogP contribution is 2.24. The fourth-order valence-electron chi connectivity index (χ4n) is 2.21. The van der Waals surface area contributed by atoms with Crippen molar-refractivity contribution in [3.63, 3.8) is 0 Å². The Morgan fingerprint density at radius 2 is 1.88 bits per heavy atom. The molecule has 0 aliphatic carbocycles. The highest BCUT2D eigenvalue weighted by atomic mass is 79.9. The van der Waals surface area contributed by atoms with Crippen molar-refractivity contribution >= 4 is 33.6 Å². The van der Waals surface area contributed by atoms with Crippen molar-refractivity contribution in [3.8, 4) is 11.5 Å². The molecule has 0 saturated heterocycles. The molecule has 2 aromatic carbocycles. The SMILES string of the molecule is CC(NC(=O)CSc1nnc(-c2ccc(Br)cc2)o1)c1ccccc1. The third-order valence-corrected chi connectivity index (χ3v) is 4.85. The number of halogens is 1. The predicted octanol–water partition coefficient (Wildman–Crippen LogP) is 4.47. The molecule has 0 fully saturated rings. The molecular weight excluding hydrogens is 402 g/mol. The predicted molar refractivity (Wildman–Crippen MR) is 101 cm³/mol. The van der Waals surface area contributed by atoms with E-state index in [1.807, 2.05) is 61.5 Å². The molecule has 0 bridgehead atoms. The van der Waals surface area contributed by atoms with Gasteiger partial charge in [0.2, 0.25) is 11.8 Å². The van der Waals surface area contributed by atoms with E-state index < -0.39 is 0 Å². The van der Waals surface area contributed by atoms with Crippen molar-refractivity contribution in [2.75, 3.05) is 5.75 Å². The highest BCUT2D eigenvalue weighted by Gasteiger charge is 2.13. The van der Waals surface area contributed by atoms with Crippen LogP contribution in [-0.2, 0) is 4.79 Å². The van der Waals surface area contributed by atoms with E-state index >= 15 is 0 Å². The maximum atomic E-state index is 12.1. The van der Waals surface area contributed by atoms with Crippen LogP contribution in [0.3, 0.4) is 0 Å². The first-order chi connectivity index (χ1) is 12.1. The summed E-state index contributed by atoms with van der Waals surface area (Å²) < 4.78 is 6.58. The van der Waals surface area contributed by atoms with Crippen molar-refractivity contribution in [2.45, 2.75) is 18.2 Å². The van der Waals surface area contributed by atoms with Crippen molar-refractivity contribution in [1.29, 1.82) is 0 Å². The second-order valence-corrected chi connectivity index (χ2v) is 7.21. The van der Waals surface area contributed by atoms with Gasteiger partial charge in [-0.1, -0.05) is 58.0 Å². The molecule has 0 spiro atoms. The maximum absolute atomic E-state index is 12.1. The summed E-state index contributed by atoms with van der Waals surface area (Å²) in [5.74, 6) is 0.580. The van der Waals surface area contributed by atoms with Crippen LogP contribution < -0.4 is 5.32 Å². The molecule has 1 aromatic heterocycles. The van der Waals surface area contributed by atoms with Gasteiger partial charge in [0.25, 0.3) is 5.22 Å². The van der Waals surface area contributed by atoms with E-state index in [0.29, 0.717) is 11.1 Å². The van der Waals surface area contributed by atoms with Gasteiger partial charge in [-0.05, 0) is 36.8 Å². The minimum absolute atomic E-state index is 0.0460. The van der Waals surface area contributed by atoms with Gasteiger partial charge in [0.05, 0.1) is 11.8 Å². The Hall–Kier alpha value is -2.12. The Morgan fingerprint density at radius 3 is 2.60 bits per heavy atom. The van der Waals surface area contributed by atoms with Gasteiger partial charge in [-0.15, -0.1) is 10.2 Å². The monoisotopic (exact) mass is 417 g/mol. The number of nitrogens with one attached hydrogen (secondary N) is 1. The van der Waals surface area contributed by atoms with Crippen molar-refractivity contribution in [2.24, 2.45) is 0 Å².